The Kier molecular flexibility index (Phi) is 21.5. The van der Waals surface area contributed by atoms with Gasteiger partial charge in [0.25, 0.3) is 0 Å². The molecule has 0 radical (unpaired) electrons. The van der Waals surface area contributed by atoms with Crippen LogP contribution >= 0.6 is 0 Å². The molecule has 0 amide bonds. The van der Waals surface area contributed by atoms with Gasteiger partial charge in [0, 0.05) is 44.4 Å². The Morgan fingerprint density at radius 1 is 0.283 bits per heavy atom. The first-order chi connectivity index (χ1) is 45.3. The first-order valence-corrected chi connectivity index (χ1v) is 36.9. The maximum Gasteiger partial charge on any atom is 0.0541 e. The van der Waals surface area contributed by atoms with Crippen molar-refractivity contribution in [3.63, 3.8) is 0 Å². The predicted octanol–water partition coefficient (Wildman–Crippen LogP) is 27.7. The van der Waals surface area contributed by atoms with Crippen molar-refractivity contribution in [2.75, 3.05) is 4.90 Å². The van der Waals surface area contributed by atoms with E-state index in [0.29, 0.717) is 0 Å². The Bertz CT molecular complexity index is 3970. The topological polar surface area (TPSA) is 8.17 Å². The van der Waals surface area contributed by atoms with Gasteiger partial charge in [-0.1, -0.05) is 302 Å². The molecule has 12 rings (SSSR count). The standard InChI is InChI=1S/C90H106N2/c1-7-11-15-19-23-32-58-89(59-33-24-20-16-12-8-2)83-62-68(6)42-55-77(83)80-65-86-81(66-85(80)89)78-56-47-72(64-84(78)90(86,60-34-25-21-17-13-9-3)61-35-26-22-18-14-10-4)70-45-53-76(54-46-70)91(74-49-40-67(5)41-50-74)75-51-43-69(44-52-75)71-48-57-88-82(63-71)79-38-30-31-39-87(79)92(88)73-36-28-27-29-37-73/h27-31,36-57,62-66H,7-26,32-35,58-61H2,1-6H3. The fourth-order valence-electron chi connectivity index (χ4n) is 16.7. The summed E-state index contributed by atoms with van der Waals surface area (Å²) >= 11 is 0. The lowest BCUT2D eigenvalue weighted by molar-refractivity contribution is 0.394. The third-order valence-electron chi connectivity index (χ3n) is 21.7. The Labute approximate surface area is 554 Å². The van der Waals surface area contributed by atoms with Crippen molar-refractivity contribution in [2.45, 2.75) is 232 Å². The zero-order chi connectivity index (χ0) is 63.3. The van der Waals surface area contributed by atoms with Crippen LogP contribution in [0.2, 0.25) is 0 Å². The van der Waals surface area contributed by atoms with E-state index in [-0.39, 0.29) is 10.8 Å². The second-order valence-electron chi connectivity index (χ2n) is 28.2. The monoisotopic (exact) mass is 1210 g/mol. The largest absolute Gasteiger partial charge is 0.311 e. The molecule has 0 bridgehead atoms. The van der Waals surface area contributed by atoms with Crippen molar-refractivity contribution < 1.29 is 0 Å². The summed E-state index contributed by atoms with van der Waals surface area (Å²) in [7, 11) is 0. The normalized spacial score (nSPS) is 13.4. The summed E-state index contributed by atoms with van der Waals surface area (Å²) < 4.78 is 2.40. The van der Waals surface area contributed by atoms with E-state index < -0.39 is 0 Å². The van der Waals surface area contributed by atoms with Gasteiger partial charge in [0.15, 0.2) is 0 Å². The maximum absolute atomic E-state index is 2.84. The quantitative estimate of drug-likeness (QED) is 0.0365. The molecule has 2 aliphatic rings. The van der Waals surface area contributed by atoms with Crippen molar-refractivity contribution in [1.82, 2.24) is 4.57 Å². The van der Waals surface area contributed by atoms with E-state index in [1.165, 1.54) is 252 Å². The number of para-hydroxylation sites is 2. The number of aryl methyl sites for hydroxylation is 2. The number of nitrogens with zero attached hydrogens (tertiary/aromatic N) is 2. The van der Waals surface area contributed by atoms with Crippen LogP contribution in [0.3, 0.4) is 0 Å². The minimum atomic E-state index is -0.0407. The molecule has 10 aromatic rings. The molecule has 476 valence electrons. The van der Waals surface area contributed by atoms with Gasteiger partial charge in [-0.05, 0) is 191 Å². The summed E-state index contributed by atoms with van der Waals surface area (Å²) in [5.41, 5.74) is 27.5. The summed E-state index contributed by atoms with van der Waals surface area (Å²) in [4.78, 5) is 2.44. The molecule has 9 aromatic carbocycles. The highest BCUT2D eigenvalue weighted by Gasteiger charge is 2.48. The SMILES string of the molecule is CCCCCCCCC1(CCCCCCCC)c2cc(C)ccc2-c2cc3c(cc21)-c1ccc(-c2ccc(N(c4ccc(C)cc4)c4ccc(-c5ccc6c(c5)c5ccccc5n6-c5ccccc5)cc4)cc2)cc1C3(CCCCCCCC)CCCCCCCC. The van der Waals surface area contributed by atoms with Crippen LogP contribution in [0.25, 0.3) is 72.0 Å². The summed E-state index contributed by atoms with van der Waals surface area (Å²) in [6.07, 6.45) is 36.8. The minimum absolute atomic E-state index is 0.0407. The van der Waals surface area contributed by atoms with E-state index in [9.17, 15) is 0 Å². The van der Waals surface area contributed by atoms with E-state index in [4.69, 9.17) is 0 Å². The summed E-state index contributed by atoms with van der Waals surface area (Å²) in [6.45, 7) is 14.0. The van der Waals surface area contributed by atoms with E-state index in [0.717, 1.165) is 17.1 Å². The highest BCUT2D eigenvalue weighted by Crippen LogP contribution is 2.61. The first kappa shape index (κ1) is 64.7. The van der Waals surface area contributed by atoms with Gasteiger partial charge < -0.3 is 9.47 Å². The lowest BCUT2D eigenvalue weighted by atomic mass is 9.68. The lowest BCUT2D eigenvalue weighted by Gasteiger charge is -2.35. The van der Waals surface area contributed by atoms with Crippen molar-refractivity contribution in [3.8, 4) is 50.2 Å². The number of hydrogen-bond acceptors (Lipinski definition) is 1. The van der Waals surface area contributed by atoms with Gasteiger partial charge in [0.2, 0.25) is 0 Å². The molecular weight excluding hydrogens is 1110 g/mol. The summed E-state index contributed by atoms with van der Waals surface area (Å²) in [6, 6.07) is 75.5. The predicted molar refractivity (Wildman–Crippen MR) is 400 cm³/mol. The van der Waals surface area contributed by atoms with Crippen molar-refractivity contribution in [1.29, 1.82) is 0 Å². The van der Waals surface area contributed by atoms with Gasteiger partial charge in [0.05, 0.1) is 11.0 Å². The number of anilines is 3. The Morgan fingerprint density at radius 2 is 0.652 bits per heavy atom. The second-order valence-corrected chi connectivity index (χ2v) is 28.2. The molecule has 0 saturated heterocycles. The van der Waals surface area contributed by atoms with Crippen LogP contribution in [-0.4, -0.2) is 4.57 Å². The average Bonchev–Trinajstić information content (AvgIpc) is 1.53. The van der Waals surface area contributed by atoms with Crippen LogP contribution < -0.4 is 4.90 Å². The van der Waals surface area contributed by atoms with E-state index in [2.05, 4.69) is 245 Å². The van der Waals surface area contributed by atoms with E-state index in [1.54, 1.807) is 33.4 Å². The molecule has 92 heavy (non-hydrogen) atoms. The molecular formula is C90H106N2. The van der Waals surface area contributed by atoms with Crippen LogP contribution in [0.5, 0.6) is 0 Å². The van der Waals surface area contributed by atoms with Crippen molar-refractivity contribution >= 4 is 38.9 Å². The number of hydrogen-bond donors (Lipinski definition) is 0. The number of benzene rings is 9. The number of fused-ring (bicyclic) bond motifs is 9. The average molecular weight is 1220 g/mol. The maximum atomic E-state index is 2.84. The number of aromatic nitrogens is 1. The Morgan fingerprint density at radius 3 is 1.15 bits per heavy atom. The van der Waals surface area contributed by atoms with E-state index in [1.807, 2.05) is 0 Å². The van der Waals surface area contributed by atoms with Gasteiger partial charge in [0.1, 0.15) is 0 Å². The smallest absolute Gasteiger partial charge is 0.0541 e. The summed E-state index contributed by atoms with van der Waals surface area (Å²) in [5.74, 6) is 0. The molecule has 0 spiro atoms. The van der Waals surface area contributed by atoms with Gasteiger partial charge in [-0.3, -0.25) is 0 Å². The van der Waals surface area contributed by atoms with Crippen molar-refractivity contribution in [3.05, 3.63) is 228 Å². The summed E-state index contributed by atoms with van der Waals surface area (Å²) in [5, 5.41) is 2.54. The van der Waals surface area contributed by atoms with Crippen LogP contribution in [-0.2, 0) is 10.8 Å². The van der Waals surface area contributed by atoms with Crippen LogP contribution in [0.1, 0.15) is 241 Å². The molecule has 1 aromatic heterocycles. The van der Waals surface area contributed by atoms with E-state index >= 15 is 0 Å². The molecule has 1 heterocycles. The van der Waals surface area contributed by atoms with Crippen molar-refractivity contribution in [2.24, 2.45) is 0 Å². The third kappa shape index (κ3) is 13.7. The highest BCUT2D eigenvalue weighted by atomic mass is 15.1. The zero-order valence-electron chi connectivity index (χ0n) is 57.2. The van der Waals surface area contributed by atoms with Gasteiger partial charge in [-0.2, -0.15) is 0 Å². The highest BCUT2D eigenvalue weighted by molar-refractivity contribution is 6.10. The lowest BCUT2D eigenvalue weighted by Crippen LogP contribution is -2.27. The Balaban J connectivity index is 0.918. The van der Waals surface area contributed by atoms with Crippen LogP contribution in [0.4, 0.5) is 17.1 Å². The molecule has 2 heteroatoms. The fraction of sp³-hybridized carbons (Fsp3) is 0.400. The number of rotatable bonds is 34. The van der Waals surface area contributed by atoms with Gasteiger partial charge in [-0.25, -0.2) is 0 Å². The molecule has 2 nitrogen and oxygen atoms in total. The third-order valence-corrected chi connectivity index (χ3v) is 21.7. The second kappa shape index (κ2) is 30.6. The van der Waals surface area contributed by atoms with Crippen LogP contribution in [0.15, 0.2) is 194 Å². The molecule has 2 aliphatic carbocycles. The van der Waals surface area contributed by atoms with Crippen LogP contribution in [0, 0.1) is 13.8 Å². The van der Waals surface area contributed by atoms with Gasteiger partial charge in [-0.15, -0.1) is 0 Å². The molecule has 0 fully saturated rings. The molecule has 0 saturated carbocycles. The molecule has 0 N–H and O–H groups in total. The molecule has 0 aliphatic heterocycles. The molecule has 0 unspecified atom stereocenters. The van der Waals surface area contributed by atoms with Gasteiger partial charge >= 0.3 is 0 Å². The first-order valence-electron chi connectivity index (χ1n) is 36.9. The Hall–Kier alpha value is -7.42. The fourth-order valence-corrected chi connectivity index (χ4v) is 16.7. The number of unbranched alkanes of at least 4 members (excludes halogenated alkanes) is 20. The zero-order valence-corrected chi connectivity index (χ0v) is 57.2. The minimum Gasteiger partial charge on any atom is -0.311 e. The molecule has 0 atom stereocenters.